The number of carbonyl (C=O) groups is 1. The molecule has 0 aromatic carbocycles. The number of methoxy groups -OCH3 is 1. The third kappa shape index (κ3) is 3.02. The van der Waals surface area contributed by atoms with Gasteiger partial charge in [-0.05, 0) is 19.9 Å². The molecule has 2 fully saturated rings. The van der Waals surface area contributed by atoms with Gasteiger partial charge >= 0.3 is 0 Å². The lowest BCUT2D eigenvalue weighted by atomic mass is 10.1. The van der Waals surface area contributed by atoms with E-state index in [9.17, 15) is 4.79 Å². The predicted molar refractivity (Wildman–Crippen MR) is 68.4 cm³/mol. The molecule has 0 unspecified atom stereocenters. The van der Waals surface area contributed by atoms with E-state index in [0.29, 0.717) is 0 Å². The second-order valence-corrected chi connectivity index (χ2v) is 5.15. The summed E-state index contributed by atoms with van der Waals surface area (Å²) in [6.45, 7) is 3.67. The molecule has 4 atom stereocenters. The van der Waals surface area contributed by atoms with E-state index in [-0.39, 0.29) is 18.1 Å². The van der Waals surface area contributed by atoms with Crippen molar-refractivity contribution >= 4 is 5.91 Å². The van der Waals surface area contributed by atoms with E-state index in [0.717, 1.165) is 5.06 Å². The van der Waals surface area contributed by atoms with E-state index in [2.05, 4.69) is 0 Å². The first kappa shape index (κ1) is 15.4. The van der Waals surface area contributed by atoms with Crippen LogP contribution in [0.5, 0.6) is 0 Å². The van der Waals surface area contributed by atoms with Gasteiger partial charge in [0.2, 0.25) is 0 Å². The molecule has 2 rings (SSSR count). The minimum atomic E-state index is -0.685. The van der Waals surface area contributed by atoms with Crippen molar-refractivity contribution in [1.82, 2.24) is 5.06 Å². The predicted octanol–water partition coefficient (Wildman–Crippen LogP) is 0.454. The Morgan fingerprint density at radius 3 is 2.50 bits per heavy atom. The number of amides is 1. The van der Waals surface area contributed by atoms with E-state index < -0.39 is 18.2 Å². The Hall–Kier alpha value is -0.990. The standard InChI is InChI=1S/C13H21NO6/c1-13(2)19-10-8(6-7-9(15)14(3)17-5)18-12(16-4)11(10)20-13/h6-8,10-12H,1-5H3/b7-6+/t8-,10-,11-,12-/m1/s1. The molecule has 114 valence electrons. The van der Waals surface area contributed by atoms with Gasteiger partial charge in [0.05, 0.1) is 7.11 Å². The van der Waals surface area contributed by atoms with E-state index in [1.807, 2.05) is 13.8 Å². The number of likely N-dealkylation sites (N-methyl/N-ethyl adjacent to an activating group) is 1. The minimum Gasteiger partial charge on any atom is -0.353 e. The topological polar surface area (TPSA) is 66.5 Å². The molecule has 2 aliphatic heterocycles. The summed E-state index contributed by atoms with van der Waals surface area (Å²) in [5, 5.41) is 1.12. The summed E-state index contributed by atoms with van der Waals surface area (Å²) in [6.07, 6.45) is 1.51. The summed E-state index contributed by atoms with van der Waals surface area (Å²) in [7, 11) is 4.50. The number of carbonyl (C=O) groups excluding carboxylic acids is 1. The summed E-state index contributed by atoms with van der Waals surface area (Å²) >= 11 is 0. The van der Waals surface area contributed by atoms with Crippen LogP contribution in [-0.4, -0.2) is 62.6 Å². The smallest absolute Gasteiger partial charge is 0.269 e. The fraction of sp³-hybridized carbons (Fsp3) is 0.769. The zero-order valence-electron chi connectivity index (χ0n) is 12.4. The van der Waals surface area contributed by atoms with Gasteiger partial charge in [-0.25, -0.2) is 5.06 Å². The minimum absolute atomic E-state index is 0.285. The Kier molecular flexibility index (Phi) is 4.46. The number of rotatable bonds is 4. The van der Waals surface area contributed by atoms with Crippen molar-refractivity contribution in [2.45, 2.75) is 44.2 Å². The van der Waals surface area contributed by atoms with Crippen LogP contribution in [-0.2, 0) is 28.6 Å². The molecule has 0 aliphatic carbocycles. The highest BCUT2D eigenvalue weighted by Gasteiger charge is 2.54. The normalized spacial score (nSPS) is 35.5. The summed E-state index contributed by atoms with van der Waals surface area (Å²) in [6, 6.07) is 0. The average Bonchev–Trinajstić information content (AvgIpc) is 2.88. The van der Waals surface area contributed by atoms with Crippen LogP contribution < -0.4 is 0 Å². The first-order chi connectivity index (χ1) is 9.38. The average molecular weight is 287 g/mol. The molecule has 0 aromatic heterocycles. The maximum atomic E-state index is 11.7. The highest BCUT2D eigenvalue weighted by atomic mass is 16.8. The van der Waals surface area contributed by atoms with E-state index in [1.165, 1.54) is 20.2 Å². The number of hydroxylamine groups is 2. The SMILES string of the molecule is CO[C@@H]1O[C@H](/C=C/C(=O)N(C)OC)[C@H]2OC(C)(C)O[C@@H]12. The number of nitrogens with zero attached hydrogens (tertiary/aromatic N) is 1. The monoisotopic (exact) mass is 287 g/mol. The zero-order valence-corrected chi connectivity index (χ0v) is 12.4. The van der Waals surface area contributed by atoms with Crippen LogP contribution >= 0.6 is 0 Å². The third-order valence-electron chi connectivity index (χ3n) is 3.29. The molecule has 7 nitrogen and oxygen atoms in total. The molecular formula is C13H21NO6. The Bertz CT molecular complexity index is 396. The molecular weight excluding hydrogens is 266 g/mol. The lowest BCUT2D eigenvalue weighted by Crippen LogP contribution is -2.30. The van der Waals surface area contributed by atoms with Gasteiger partial charge in [-0.15, -0.1) is 0 Å². The van der Waals surface area contributed by atoms with Crippen LogP contribution in [0.1, 0.15) is 13.8 Å². The molecule has 0 N–H and O–H groups in total. The van der Waals surface area contributed by atoms with E-state index in [4.69, 9.17) is 23.8 Å². The molecule has 1 amide bonds. The lowest BCUT2D eigenvalue weighted by molar-refractivity contribution is -0.221. The van der Waals surface area contributed by atoms with E-state index in [1.54, 1.807) is 13.2 Å². The van der Waals surface area contributed by atoms with Crippen LogP contribution in [0.2, 0.25) is 0 Å². The molecule has 0 aromatic rings. The first-order valence-electron chi connectivity index (χ1n) is 6.42. The van der Waals surface area contributed by atoms with Gasteiger partial charge in [0.1, 0.15) is 18.3 Å². The van der Waals surface area contributed by atoms with Gasteiger partial charge in [0.25, 0.3) is 5.91 Å². The Morgan fingerprint density at radius 2 is 1.90 bits per heavy atom. The zero-order chi connectivity index (χ0) is 14.9. The Balaban J connectivity index is 2.06. The van der Waals surface area contributed by atoms with Crippen molar-refractivity contribution in [3.63, 3.8) is 0 Å². The van der Waals surface area contributed by atoms with Gasteiger partial charge in [-0.3, -0.25) is 9.63 Å². The molecule has 2 aliphatic rings. The summed E-state index contributed by atoms with van der Waals surface area (Å²) < 4.78 is 22.5. The van der Waals surface area contributed by atoms with Gasteiger partial charge in [0.15, 0.2) is 12.1 Å². The van der Waals surface area contributed by atoms with Gasteiger partial charge in [-0.2, -0.15) is 0 Å². The molecule has 2 heterocycles. The number of hydrogen-bond donors (Lipinski definition) is 0. The van der Waals surface area contributed by atoms with Crippen molar-refractivity contribution in [2.75, 3.05) is 21.3 Å². The van der Waals surface area contributed by atoms with Crippen LogP contribution in [0.3, 0.4) is 0 Å². The second kappa shape index (κ2) is 5.79. The maximum Gasteiger partial charge on any atom is 0.269 e. The number of hydrogen-bond acceptors (Lipinski definition) is 6. The van der Waals surface area contributed by atoms with Crippen molar-refractivity contribution in [1.29, 1.82) is 0 Å². The summed E-state index contributed by atoms with van der Waals surface area (Å²) in [5.74, 6) is -0.971. The third-order valence-corrected chi connectivity index (χ3v) is 3.29. The summed E-state index contributed by atoms with van der Waals surface area (Å²) in [4.78, 5) is 16.5. The van der Waals surface area contributed by atoms with Gasteiger partial charge in [-0.1, -0.05) is 0 Å². The van der Waals surface area contributed by atoms with Crippen molar-refractivity contribution in [3.8, 4) is 0 Å². The molecule has 0 bridgehead atoms. The summed E-state index contributed by atoms with van der Waals surface area (Å²) in [5.41, 5.74) is 0. The maximum absolute atomic E-state index is 11.7. The molecule has 2 saturated heterocycles. The molecule has 0 spiro atoms. The van der Waals surface area contributed by atoms with E-state index >= 15 is 0 Å². The Morgan fingerprint density at radius 1 is 1.25 bits per heavy atom. The molecule has 0 radical (unpaired) electrons. The fourth-order valence-corrected chi connectivity index (χ4v) is 2.31. The fourth-order valence-electron chi connectivity index (χ4n) is 2.31. The lowest BCUT2D eigenvalue weighted by Gasteiger charge is -2.22. The van der Waals surface area contributed by atoms with Gasteiger partial charge < -0.3 is 18.9 Å². The second-order valence-electron chi connectivity index (χ2n) is 5.15. The quantitative estimate of drug-likeness (QED) is 0.552. The van der Waals surface area contributed by atoms with Crippen LogP contribution in [0.4, 0.5) is 0 Å². The molecule has 7 heteroatoms. The highest BCUT2D eigenvalue weighted by molar-refractivity contribution is 5.86. The van der Waals surface area contributed by atoms with Crippen molar-refractivity contribution < 1.29 is 28.6 Å². The first-order valence-corrected chi connectivity index (χ1v) is 6.42. The largest absolute Gasteiger partial charge is 0.353 e. The number of ether oxygens (including phenoxy) is 4. The van der Waals surface area contributed by atoms with Crippen LogP contribution in [0.15, 0.2) is 12.2 Å². The van der Waals surface area contributed by atoms with Crippen LogP contribution in [0, 0.1) is 0 Å². The molecule has 0 saturated carbocycles. The Labute approximate surface area is 118 Å². The van der Waals surface area contributed by atoms with Crippen molar-refractivity contribution in [3.05, 3.63) is 12.2 Å². The van der Waals surface area contributed by atoms with Crippen molar-refractivity contribution in [2.24, 2.45) is 0 Å². The number of fused-ring (bicyclic) bond motifs is 1. The molecule has 20 heavy (non-hydrogen) atoms. The van der Waals surface area contributed by atoms with Crippen LogP contribution in [0.25, 0.3) is 0 Å². The van der Waals surface area contributed by atoms with Gasteiger partial charge in [0, 0.05) is 20.2 Å². The highest BCUT2D eigenvalue weighted by Crippen LogP contribution is 2.39.